The number of nitrogens with one attached hydrogen (secondary N) is 1. The maximum atomic E-state index is 12.2. The molecular weight excluding hydrogens is 348 g/mol. The predicted molar refractivity (Wildman–Crippen MR) is 107 cm³/mol. The maximum Gasteiger partial charge on any atom is 0.220 e. The summed E-state index contributed by atoms with van der Waals surface area (Å²) in [6.45, 7) is 7.29. The van der Waals surface area contributed by atoms with Crippen molar-refractivity contribution in [1.29, 1.82) is 0 Å². The summed E-state index contributed by atoms with van der Waals surface area (Å²) >= 11 is 5.91. The Balaban J connectivity index is 1.33. The Hall–Kier alpha value is -1.33. The number of halogens is 1. The smallest absolute Gasteiger partial charge is 0.220 e. The van der Waals surface area contributed by atoms with Gasteiger partial charge in [0, 0.05) is 38.3 Å². The van der Waals surface area contributed by atoms with E-state index in [4.69, 9.17) is 11.6 Å². The molecule has 0 radical (unpaired) electrons. The van der Waals surface area contributed by atoms with E-state index in [-0.39, 0.29) is 5.91 Å². The molecule has 2 aliphatic rings. The number of piperidine rings is 1. The van der Waals surface area contributed by atoms with E-state index in [1.54, 1.807) is 6.20 Å². The van der Waals surface area contributed by atoms with E-state index in [2.05, 4.69) is 27.0 Å². The average Bonchev–Trinajstić information content (AvgIpc) is 3.13. The third-order valence-electron chi connectivity index (χ3n) is 5.87. The summed E-state index contributed by atoms with van der Waals surface area (Å²) in [7, 11) is 0. The predicted octanol–water partition coefficient (Wildman–Crippen LogP) is 3.33. The first-order valence-corrected chi connectivity index (χ1v) is 10.4. The fourth-order valence-electron chi connectivity index (χ4n) is 4.20. The molecule has 0 saturated carbocycles. The van der Waals surface area contributed by atoms with Crippen LogP contribution in [0.15, 0.2) is 18.3 Å². The van der Waals surface area contributed by atoms with Gasteiger partial charge in [-0.25, -0.2) is 4.98 Å². The molecule has 1 amide bonds. The van der Waals surface area contributed by atoms with E-state index < -0.39 is 0 Å². The summed E-state index contributed by atoms with van der Waals surface area (Å²) in [4.78, 5) is 21.4. The molecule has 1 atom stereocenters. The zero-order valence-corrected chi connectivity index (χ0v) is 16.5. The minimum Gasteiger partial charge on any atom is -0.357 e. The molecule has 5 nitrogen and oxygen atoms in total. The maximum absolute atomic E-state index is 12.2. The molecule has 2 fully saturated rings. The summed E-state index contributed by atoms with van der Waals surface area (Å²) in [5.74, 6) is 1.86. The number of likely N-dealkylation sites (tertiary alicyclic amines) is 1. The highest BCUT2D eigenvalue weighted by molar-refractivity contribution is 6.30. The lowest BCUT2D eigenvalue weighted by molar-refractivity contribution is -0.121. The van der Waals surface area contributed by atoms with E-state index in [1.165, 1.54) is 19.4 Å². The van der Waals surface area contributed by atoms with Crippen LogP contribution in [0.2, 0.25) is 5.02 Å². The molecule has 3 heterocycles. The van der Waals surface area contributed by atoms with E-state index in [0.717, 1.165) is 51.3 Å². The number of rotatable bonds is 7. The Morgan fingerprint density at radius 3 is 2.77 bits per heavy atom. The molecule has 0 unspecified atom stereocenters. The van der Waals surface area contributed by atoms with Gasteiger partial charge in [0.15, 0.2) is 0 Å². The Morgan fingerprint density at radius 1 is 1.27 bits per heavy atom. The number of carbonyl (C=O) groups is 1. The highest BCUT2D eigenvalue weighted by Crippen LogP contribution is 2.25. The van der Waals surface area contributed by atoms with E-state index in [1.807, 2.05) is 12.1 Å². The number of hydrogen-bond donors (Lipinski definition) is 1. The van der Waals surface area contributed by atoms with Crippen LogP contribution in [0.3, 0.4) is 0 Å². The summed E-state index contributed by atoms with van der Waals surface area (Å²) in [6, 6.07) is 4.42. The number of pyridine rings is 1. The Labute approximate surface area is 162 Å². The van der Waals surface area contributed by atoms with Gasteiger partial charge in [-0.3, -0.25) is 9.69 Å². The van der Waals surface area contributed by atoms with Gasteiger partial charge in [-0.05, 0) is 63.2 Å². The minimum absolute atomic E-state index is 0.217. The van der Waals surface area contributed by atoms with Gasteiger partial charge in [0.2, 0.25) is 5.91 Å². The Bertz CT molecular complexity index is 572. The molecule has 144 valence electrons. The lowest BCUT2D eigenvalue weighted by Crippen LogP contribution is -2.40. The highest BCUT2D eigenvalue weighted by Gasteiger charge is 2.24. The van der Waals surface area contributed by atoms with Gasteiger partial charge < -0.3 is 10.2 Å². The average molecular weight is 379 g/mol. The molecule has 1 aromatic rings. The molecule has 1 aromatic heterocycles. The fourth-order valence-corrected chi connectivity index (χ4v) is 4.32. The van der Waals surface area contributed by atoms with Crippen molar-refractivity contribution in [2.75, 3.05) is 37.6 Å². The quantitative estimate of drug-likeness (QED) is 0.790. The molecule has 1 N–H and O–H groups in total. The Morgan fingerprint density at radius 2 is 2.08 bits per heavy atom. The largest absolute Gasteiger partial charge is 0.357 e. The van der Waals surface area contributed by atoms with Crippen LogP contribution in [0.25, 0.3) is 0 Å². The number of anilines is 1. The van der Waals surface area contributed by atoms with Crippen molar-refractivity contribution in [3.05, 3.63) is 23.4 Å². The molecule has 6 heteroatoms. The van der Waals surface area contributed by atoms with Gasteiger partial charge in [0.25, 0.3) is 0 Å². The van der Waals surface area contributed by atoms with E-state index >= 15 is 0 Å². The van der Waals surface area contributed by atoms with E-state index in [0.29, 0.717) is 23.4 Å². The first-order chi connectivity index (χ1) is 12.7. The van der Waals surface area contributed by atoms with Crippen molar-refractivity contribution >= 4 is 23.3 Å². The van der Waals surface area contributed by atoms with E-state index in [9.17, 15) is 4.79 Å². The van der Waals surface area contributed by atoms with Gasteiger partial charge in [0.1, 0.15) is 5.82 Å². The molecule has 3 rings (SSSR count). The molecule has 0 aliphatic carbocycles. The molecule has 2 saturated heterocycles. The summed E-state index contributed by atoms with van der Waals surface area (Å²) in [6.07, 6.45) is 8.09. The van der Waals surface area contributed by atoms with Gasteiger partial charge in [-0.15, -0.1) is 0 Å². The Kier molecular flexibility index (Phi) is 7.15. The second kappa shape index (κ2) is 9.56. The molecule has 26 heavy (non-hydrogen) atoms. The van der Waals surface area contributed by atoms with Crippen LogP contribution in [0.4, 0.5) is 5.82 Å². The third kappa shape index (κ3) is 5.34. The zero-order valence-electron chi connectivity index (χ0n) is 15.8. The van der Waals surface area contributed by atoms with Crippen LogP contribution in [0.5, 0.6) is 0 Å². The number of nitrogens with zero attached hydrogens (tertiary/aromatic N) is 3. The first kappa shape index (κ1) is 19.4. The van der Waals surface area contributed by atoms with Gasteiger partial charge in [-0.1, -0.05) is 18.5 Å². The summed E-state index contributed by atoms with van der Waals surface area (Å²) < 4.78 is 0. The van der Waals surface area contributed by atoms with Crippen molar-refractivity contribution < 1.29 is 4.79 Å². The van der Waals surface area contributed by atoms with Crippen LogP contribution in [-0.4, -0.2) is 54.6 Å². The van der Waals surface area contributed by atoms with Crippen molar-refractivity contribution in [3.8, 4) is 0 Å². The number of likely N-dealkylation sites (N-methyl/N-ethyl adjacent to an activating group) is 1. The fraction of sp³-hybridized carbons (Fsp3) is 0.700. The third-order valence-corrected chi connectivity index (χ3v) is 6.09. The van der Waals surface area contributed by atoms with Gasteiger partial charge >= 0.3 is 0 Å². The van der Waals surface area contributed by atoms with Crippen LogP contribution in [0, 0.1) is 5.92 Å². The SMILES string of the molecule is CCN1CCC[C@H]1CNC(=O)CCC1CCN(c2ccc(Cl)cn2)CC1. The molecule has 0 aromatic carbocycles. The molecular formula is C20H31ClN4O. The van der Waals surface area contributed by atoms with Crippen molar-refractivity contribution in [1.82, 2.24) is 15.2 Å². The van der Waals surface area contributed by atoms with Gasteiger partial charge in [-0.2, -0.15) is 0 Å². The molecule has 0 spiro atoms. The second-order valence-electron chi connectivity index (χ2n) is 7.53. The summed E-state index contributed by atoms with van der Waals surface area (Å²) in [5.41, 5.74) is 0. The summed E-state index contributed by atoms with van der Waals surface area (Å²) in [5, 5.41) is 3.83. The van der Waals surface area contributed by atoms with Crippen LogP contribution in [-0.2, 0) is 4.79 Å². The number of amides is 1. The lowest BCUT2D eigenvalue weighted by Gasteiger charge is -2.32. The van der Waals surface area contributed by atoms with Gasteiger partial charge in [0.05, 0.1) is 5.02 Å². The highest BCUT2D eigenvalue weighted by atomic mass is 35.5. The molecule has 2 aliphatic heterocycles. The van der Waals surface area contributed by atoms with Crippen LogP contribution in [0.1, 0.15) is 45.4 Å². The second-order valence-corrected chi connectivity index (χ2v) is 7.97. The van der Waals surface area contributed by atoms with Crippen molar-refractivity contribution in [3.63, 3.8) is 0 Å². The lowest BCUT2D eigenvalue weighted by atomic mass is 9.92. The zero-order chi connectivity index (χ0) is 18.4. The minimum atomic E-state index is 0.217. The number of aromatic nitrogens is 1. The van der Waals surface area contributed by atoms with Crippen molar-refractivity contribution in [2.24, 2.45) is 5.92 Å². The first-order valence-electron chi connectivity index (χ1n) is 10.0. The number of carbonyl (C=O) groups excluding carboxylic acids is 1. The molecule has 0 bridgehead atoms. The standard InChI is InChI=1S/C20H31ClN4O/c1-2-24-11-3-4-18(24)15-23-20(26)8-5-16-9-12-25(13-10-16)19-7-6-17(21)14-22-19/h6-7,14,16,18H,2-5,8-13,15H2,1H3,(H,23,26)/t18-/m0/s1. The monoisotopic (exact) mass is 378 g/mol. The normalized spacial score (nSPS) is 21.9. The van der Waals surface area contributed by atoms with Crippen molar-refractivity contribution in [2.45, 2.75) is 51.5 Å². The van der Waals surface area contributed by atoms with Crippen LogP contribution >= 0.6 is 11.6 Å². The van der Waals surface area contributed by atoms with Crippen LogP contribution < -0.4 is 10.2 Å². The number of hydrogen-bond acceptors (Lipinski definition) is 4. The topological polar surface area (TPSA) is 48.5 Å².